The summed E-state index contributed by atoms with van der Waals surface area (Å²) in [4.78, 5) is 29.4. The first-order valence-corrected chi connectivity index (χ1v) is 9.52. The number of ether oxygens (including phenoxy) is 1. The second-order valence-electron chi connectivity index (χ2n) is 7.12. The van der Waals surface area contributed by atoms with Gasteiger partial charge in [-0.25, -0.2) is 4.79 Å². The van der Waals surface area contributed by atoms with Crippen LogP contribution < -0.4 is 5.32 Å². The monoisotopic (exact) mass is 374 g/mol. The highest BCUT2D eigenvalue weighted by atomic mass is 16.5. The summed E-state index contributed by atoms with van der Waals surface area (Å²) in [5.41, 5.74) is 4.32. The van der Waals surface area contributed by atoms with Gasteiger partial charge in [0.05, 0.1) is 17.1 Å². The highest BCUT2D eigenvalue weighted by molar-refractivity contribution is 6.04. The van der Waals surface area contributed by atoms with Crippen molar-refractivity contribution in [2.75, 3.05) is 6.61 Å². The van der Waals surface area contributed by atoms with Gasteiger partial charge in [0.25, 0.3) is 5.91 Å². The zero-order valence-electron chi connectivity index (χ0n) is 15.8. The largest absolute Gasteiger partial charge is 0.452 e. The van der Waals surface area contributed by atoms with E-state index in [0.29, 0.717) is 5.56 Å². The lowest BCUT2D eigenvalue weighted by molar-refractivity contribution is -0.125. The minimum atomic E-state index is -0.513. The van der Waals surface area contributed by atoms with Gasteiger partial charge in [-0.2, -0.15) is 0 Å². The summed E-state index contributed by atoms with van der Waals surface area (Å²) in [5, 5.41) is 3.72. The molecule has 1 aromatic heterocycles. The molecule has 5 nitrogen and oxygen atoms in total. The third-order valence-electron chi connectivity index (χ3n) is 5.10. The van der Waals surface area contributed by atoms with Crippen molar-refractivity contribution in [1.29, 1.82) is 0 Å². The number of carbonyl (C=O) groups is 2. The maximum atomic E-state index is 12.6. The molecule has 1 aliphatic rings. The average Bonchev–Trinajstić information content (AvgIpc) is 2.71. The molecule has 0 unspecified atom stereocenters. The molecule has 1 N–H and O–H groups in total. The smallest absolute Gasteiger partial charge is 0.339 e. The molecular weight excluding hydrogens is 352 g/mol. The maximum absolute atomic E-state index is 12.6. The summed E-state index contributed by atoms with van der Waals surface area (Å²) >= 11 is 0. The summed E-state index contributed by atoms with van der Waals surface area (Å²) in [7, 11) is 0. The molecule has 0 saturated heterocycles. The highest BCUT2D eigenvalue weighted by Crippen LogP contribution is 2.29. The molecule has 0 radical (unpaired) electrons. The van der Waals surface area contributed by atoms with Gasteiger partial charge in [0.2, 0.25) is 0 Å². The summed E-state index contributed by atoms with van der Waals surface area (Å²) in [6.07, 6.45) is 2.96. The van der Waals surface area contributed by atoms with Crippen LogP contribution in [0.15, 0.2) is 54.6 Å². The van der Waals surface area contributed by atoms with Gasteiger partial charge in [-0.3, -0.25) is 9.78 Å². The minimum Gasteiger partial charge on any atom is -0.452 e. The van der Waals surface area contributed by atoms with Crippen LogP contribution in [0.1, 0.15) is 46.1 Å². The zero-order chi connectivity index (χ0) is 19.5. The molecule has 142 valence electrons. The Morgan fingerprint density at radius 3 is 2.82 bits per heavy atom. The number of rotatable bonds is 4. The van der Waals surface area contributed by atoms with Gasteiger partial charge >= 0.3 is 5.97 Å². The van der Waals surface area contributed by atoms with Crippen molar-refractivity contribution in [3.8, 4) is 0 Å². The maximum Gasteiger partial charge on any atom is 0.339 e. The molecule has 1 heterocycles. The third kappa shape index (κ3) is 3.74. The molecule has 3 aromatic rings. The average molecular weight is 374 g/mol. The molecule has 0 aliphatic heterocycles. The number of aromatic nitrogens is 1. The molecular formula is C23H22N2O3. The molecule has 0 bridgehead atoms. The van der Waals surface area contributed by atoms with Crippen LogP contribution in [0.4, 0.5) is 0 Å². The van der Waals surface area contributed by atoms with Crippen molar-refractivity contribution in [2.45, 2.75) is 32.2 Å². The van der Waals surface area contributed by atoms with E-state index in [1.165, 1.54) is 5.56 Å². The predicted molar refractivity (Wildman–Crippen MR) is 107 cm³/mol. The number of amides is 1. The van der Waals surface area contributed by atoms with Gasteiger partial charge < -0.3 is 10.1 Å². The van der Waals surface area contributed by atoms with Gasteiger partial charge in [0.1, 0.15) is 0 Å². The summed E-state index contributed by atoms with van der Waals surface area (Å²) in [6, 6.07) is 17.2. The summed E-state index contributed by atoms with van der Waals surface area (Å²) in [5.74, 6) is -0.800. The predicted octanol–water partition coefficient (Wildman–Crippen LogP) is 3.89. The van der Waals surface area contributed by atoms with Crippen LogP contribution in [0, 0.1) is 6.92 Å². The van der Waals surface area contributed by atoms with Gasteiger partial charge in [-0.1, -0.05) is 42.5 Å². The fraction of sp³-hybridized carbons (Fsp3) is 0.261. The minimum absolute atomic E-state index is 0.0276. The standard InChI is InChI=1S/C23H22N2O3/c1-15-13-19(18-10-4-5-11-21(18)24-15)23(27)28-14-22(26)25-20-12-6-8-16-7-2-3-9-17(16)20/h2-5,7,9-11,13,20H,6,8,12,14H2,1H3,(H,25,26)/t20-/m0/s1. The Kier molecular flexibility index (Phi) is 5.06. The van der Waals surface area contributed by atoms with Crippen LogP contribution in [0.25, 0.3) is 10.9 Å². The fourth-order valence-corrected chi connectivity index (χ4v) is 3.83. The number of nitrogens with zero attached hydrogens (tertiary/aromatic N) is 1. The molecule has 2 aromatic carbocycles. The van der Waals surface area contributed by atoms with Crippen molar-refractivity contribution in [1.82, 2.24) is 10.3 Å². The van der Waals surface area contributed by atoms with E-state index in [0.717, 1.165) is 41.4 Å². The first kappa shape index (κ1) is 18.2. The van der Waals surface area contributed by atoms with Gasteiger partial charge in [0, 0.05) is 11.1 Å². The number of hydrogen-bond donors (Lipinski definition) is 1. The number of nitrogens with one attached hydrogen (secondary N) is 1. The number of pyridine rings is 1. The Hall–Kier alpha value is -3.21. The number of fused-ring (bicyclic) bond motifs is 2. The fourth-order valence-electron chi connectivity index (χ4n) is 3.83. The van der Waals surface area contributed by atoms with Crippen LogP contribution in [0.3, 0.4) is 0 Å². The van der Waals surface area contributed by atoms with E-state index in [-0.39, 0.29) is 18.6 Å². The topological polar surface area (TPSA) is 68.3 Å². The SMILES string of the molecule is Cc1cc(C(=O)OCC(=O)N[C@H]2CCCc3ccccc32)c2ccccc2n1. The molecule has 5 heteroatoms. The highest BCUT2D eigenvalue weighted by Gasteiger charge is 2.22. The Morgan fingerprint density at radius 1 is 1.14 bits per heavy atom. The Morgan fingerprint density at radius 2 is 1.93 bits per heavy atom. The van der Waals surface area contributed by atoms with E-state index in [1.807, 2.05) is 43.3 Å². The number of hydrogen-bond acceptors (Lipinski definition) is 4. The van der Waals surface area contributed by atoms with Crippen molar-refractivity contribution >= 4 is 22.8 Å². The Balaban J connectivity index is 1.43. The number of para-hydroxylation sites is 1. The van der Waals surface area contributed by atoms with E-state index in [1.54, 1.807) is 6.07 Å². The molecule has 28 heavy (non-hydrogen) atoms. The summed E-state index contributed by atoms with van der Waals surface area (Å²) in [6.45, 7) is 1.53. The molecule has 0 spiro atoms. The third-order valence-corrected chi connectivity index (χ3v) is 5.10. The lowest BCUT2D eigenvalue weighted by atomic mass is 9.88. The molecule has 4 rings (SSSR count). The molecule has 1 amide bonds. The van der Waals surface area contributed by atoms with Crippen LogP contribution in [-0.2, 0) is 16.0 Å². The van der Waals surface area contributed by atoms with E-state index >= 15 is 0 Å². The van der Waals surface area contributed by atoms with Crippen LogP contribution >= 0.6 is 0 Å². The quantitative estimate of drug-likeness (QED) is 0.704. The van der Waals surface area contributed by atoms with E-state index in [2.05, 4.69) is 22.4 Å². The van der Waals surface area contributed by atoms with Crippen molar-refractivity contribution in [2.24, 2.45) is 0 Å². The second kappa shape index (κ2) is 7.80. The van der Waals surface area contributed by atoms with E-state index in [9.17, 15) is 9.59 Å². The van der Waals surface area contributed by atoms with Crippen LogP contribution in [0.2, 0.25) is 0 Å². The van der Waals surface area contributed by atoms with E-state index < -0.39 is 5.97 Å². The lowest BCUT2D eigenvalue weighted by Gasteiger charge is -2.26. The van der Waals surface area contributed by atoms with E-state index in [4.69, 9.17) is 4.74 Å². The molecule has 1 atom stereocenters. The Bertz CT molecular complexity index is 1040. The molecule has 0 fully saturated rings. The van der Waals surface area contributed by atoms with Crippen molar-refractivity contribution in [3.63, 3.8) is 0 Å². The number of aryl methyl sites for hydroxylation is 2. The van der Waals surface area contributed by atoms with Gasteiger partial charge in [-0.15, -0.1) is 0 Å². The first-order chi connectivity index (χ1) is 13.6. The van der Waals surface area contributed by atoms with Crippen LogP contribution in [-0.4, -0.2) is 23.5 Å². The van der Waals surface area contributed by atoms with Gasteiger partial charge in [-0.05, 0) is 49.4 Å². The lowest BCUT2D eigenvalue weighted by Crippen LogP contribution is -2.34. The normalized spacial score (nSPS) is 15.7. The number of carbonyl (C=O) groups excluding carboxylic acids is 2. The molecule has 1 aliphatic carbocycles. The van der Waals surface area contributed by atoms with Crippen LogP contribution in [0.5, 0.6) is 0 Å². The Labute approximate surface area is 163 Å². The number of esters is 1. The molecule has 0 saturated carbocycles. The van der Waals surface area contributed by atoms with Crippen molar-refractivity contribution < 1.29 is 14.3 Å². The second-order valence-corrected chi connectivity index (χ2v) is 7.12. The zero-order valence-corrected chi connectivity index (χ0v) is 15.8. The summed E-state index contributed by atoms with van der Waals surface area (Å²) < 4.78 is 5.30. The first-order valence-electron chi connectivity index (χ1n) is 9.52. The van der Waals surface area contributed by atoms with Crippen molar-refractivity contribution in [3.05, 3.63) is 77.0 Å². The number of benzene rings is 2. The van der Waals surface area contributed by atoms with Gasteiger partial charge in [0.15, 0.2) is 6.61 Å².